The first-order valence-electron chi connectivity index (χ1n) is 6.15. The van der Waals surface area contributed by atoms with E-state index < -0.39 is 42.5 Å². The smallest absolute Gasteiger partial charge is 0.338 e. The van der Waals surface area contributed by atoms with E-state index in [0.717, 1.165) is 6.07 Å². The lowest BCUT2D eigenvalue weighted by atomic mass is 10.0. The van der Waals surface area contributed by atoms with E-state index in [1.807, 2.05) is 6.92 Å². The maximum atomic E-state index is 11.9. The van der Waals surface area contributed by atoms with Gasteiger partial charge in [-0.3, -0.25) is 0 Å². The third-order valence-electron chi connectivity index (χ3n) is 2.70. The van der Waals surface area contributed by atoms with Gasteiger partial charge in [-0.15, -0.1) is 0 Å². The predicted molar refractivity (Wildman–Crippen MR) is 68.8 cm³/mol. The molecule has 20 heavy (non-hydrogen) atoms. The van der Waals surface area contributed by atoms with Crippen LogP contribution in [-0.4, -0.2) is 50.8 Å². The molecule has 0 amide bonds. The van der Waals surface area contributed by atoms with Gasteiger partial charge in [0.1, 0.15) is 12.7 Å². The van der Waals surface area contributed by atoms with Crippen LogP contribution in [0.4, 0.5) is 0 Å². The van der Waals surface area contributed by atoms with Crippen molar-refractivity contribution in [1.29, 1.82) is 0 Å². The van der Waals surface area contributed by atoms with Gasteiger partial charge in [0.15, 0.2) is 11.5 Å². The zero-order valence-corrected chi connectivity index (χ0v) is 11.0. The molecule has 0 aromatic heterocycles. The lowest BCUT2D eigenvalue weighted by Crippen LogP contribution is -2.22. The number of aromatic hydroxyl groups is 3. The molecule has 1 unspecified atom stereocenters. The van der Waals surface area contributed by atoms with Gasteiger partial charge in [0.2, 0.25) is 5.75 Å². The van der Waals surface area contributed by atoms with Crippen LogP contribution in [-0.2, 0) is 11.2 Å². The topological polar surface area (TPSA) is 127 Å². The van der Waals surface area contributed by atoms with Crippen molar-refractivity contribution >= 4 is 5.97 Å². The van der Waals surface area contributed by atoms with E-state index in [4.69, 9.17) is 14.9 Å². The molecule has 0 heterocycles. The maximum absolute atomic E-state index is 11.9. The van der Waals surface area contributed by atoms with Gasteiger partial charge in [0.25, 0.3) is 0 Å². The Morgan fingerprint density at radius 1 is 1.30 bits per heavy atom. The molecule has 0 saturated carbocycles. The van der Waals surface area contributed by atoms with Crippen LogP contribution >= 0.6 is 0 Å². The van der Waals surface area contributed by atoms with Gasteiger partial charge in [-0.05, 0) is 12.5 Å². The highest BCUT2D eigenvalue weighted by Crippen LogP contribution is 2.40. The summed E-state index contributed by atoms with van der Waals surface area (Å²) in [4.78, 5) is 11.9. The van der Waals surface area contributed by atoms with Crippen molar-refractivity contribution in [3.05, 3.63) is 17.2 Å². The quantitative estimate of drug-likeness (QED) is 0.375. The number of aliphatic hydroxyl groups is 2. The second kappa shape index (κ2) is 6.97. The molecule has 7 nitrogen and oxygen atoms in total. The molecule has 0 fully saturated rings. The summed E-state index contributed by atoms with van der Waals surface area (Å²) in [5.41, 5.74) is 0.0658. The number of aliphatic hydroxyl groups excluding tert-OH is 2. The first kappa shape index (κ1) is 16.1. The fourth-order valence-corrected chi connectivity index (χ4v) is 1.67. The van der Waals surface area contributed by atoms with E-state index >= 15 is 0 Å². The number of esters is 1. The number of phenols is 3. The van der Waals surface area contributed by atoms with Gasteiger partial charge in [0, 0.05) is 5.56 Å². The number of ether oxygens (including phenoxy) is 1. The number of benzene rings is 1. The average Bonchev–Trinajstić information content (AvgIpc) is 2.44. The Morgan fingerprint density at radius 3 is 2.50 bits per heavy atom. The number of phenolic OH excluding ortho intramolecular Hbond substituents is 3. The third kappa shape index (κ3) is 3.52. The molecule has 0 spiro atoms. The summed E-state index contributed by atoms with van der Waals surface area (Å²) in [5.74, 6) is -2.77. The molecular formula is C13H18O7. The van der Waals surface area contributed by atoms with Gasteiger partial charge >= 0.3 is 5.97 Å². The van der Waals surface area contributed by atoms with Crippen molar-refractivity contribution in [1.82, 2.24) is 0 Å². The summed E-state index contributed by atoms with van der Waals surface area (Å²) in [6, 6.07) is 0.994. The molecule has 0 aliphatic rings. The summed E-state index contributed by atoms with van der Waals surface area (Å²) in [5, 5.41) is 46.4. The molecular weight excluding hydrogens is 268 g/mol. The first-order valence-corrected chi connectivity index (χ1v) is 6.15. The van der Waals surface area contributed by atoms with Gasteiger partial charge in [-0.2, -0.15) is 0 Å². The first-order chi connectivity index (χ1) is 9.42. The molecule has 0 saturated heterocycles. The second-order valence-electron chi connectivity index (χ2n) is 4.30. The highest BCUT2D eigenvalue weighted by molar-refractivity contribution is 5.93. The molecule has 0 radical (unpaired) electrons. The van der Waals surface area contributed by atoms with E-state index in [1.165, 1.54) is 0 Å². The van der Waals surface area contributed by atoms with Gasteiger partial charge in [-0.1, -0.05) is 13.3 Å². The number of carbonyl (C=O) groups is 1. The van der Waals surface area contributed by atoms with E-state index in [0.29, 0.717) is 12.8 Å². The highest BCUT2D eigenvalue weighted by atomic mass is 16.5. The van der Waals surface area contributed by atoms with Crippen molar-refractivity contribution in [2.45, 2.75) is 25.9 Å². The predicted octanol–water partition coefficient (Wildman–Crippen LogP) is 0.266. The summed E-state index contributed by atoms with van der Waals surface area (Å²) >= 11 is 0. The van der Waals surface area contributed by atoms with Crippen molar-refractivity contribution in [2.75, 3.05) is 13.2 Å². The standard InChI is InChI=1S/C13H18O7/c1-2-3-8-9(4-10(16)12(18)11(8)17)13(19)20-6-7(15)5-14/h4,7,14-18H,2-3,5-6H2,1H3. The Balaban J connectivity index is 3.06. The second-order valence-corrected chi connectivity index (χ2v) is 4.30. The fourth-order valence-electron chi connectivity index (χ4n) is 1.67. The van der Waals surface area contributed by atoms with Crippen LogP contribution in [0.15, 0.2) is 6.07 Å². The van der Waals surface area contributed by atoms with Crippen molar-refractivity contribution in [3.63, 3.8) is 0 Å². The Bertz CT molecular complexity index is 484. The summed E-state index contributed by atoms with van der Waals surface area (Å²) in [7, 11) is 0. The summed E-state index contributed by atoms with van der Waals surface area (Å²) in [6.07, 6.45) is -0.308. The fraction of sp³-hybridized carbons (Fsp3) is 0.462. The molecule has 1 atom stereocenters. The van der Waals surface area contributed by atoms with E-state index in [9.17, 15) is 20.1 Å². The Labute approximate surface area is 115 Å². The summed E-state index contributed by atoms with van der Waals surface area (Å²) in [6.45, 7) is 0.846. The van der Waals surface area contributed by atoms with Crippen LogP contribution in [0, 0.1) is 0 Å². The zero-order chi connectivity index (χ0) is 15.3. The zero-order valence-electron chi connectivity index (χ0n) is 11.0. The van der Waals surface area contributed by atoms with E-state index in [1.54, 1.807) is 0 Å². The largest absolute Gasteiger partial charge is 0.504 e. The number of hydrogen-bond acceptors (Lipinski definition) is 7. The van der Waals surface area contributed by atoms with E-state index in [2.05, 4.69) is 0 Å². The highest BCUT2D eigenvalue weighted by Gasteiger charge is 2.22. The molecule has 1 aromatic rings. The molecule has 0 bridgehead atoms. The monoisotopic (exact) mass is 286 g/mol. The van der Waals surface area contributed by atoms with Crippen LogP contribution < -0.4 is 0 Å². The number of hydrogen-bond donors (Lipinski definition) is 5. The van der Waals surface area contributed by atoms with Gasteiger partial charge in [-0.25, -0.2) is 4.79 Å². The van der Waals surface area contributed by atoms with Crippen LogP contribution in [0.5, 0.6) is 17.2 Å². The van der Waals surface area contributed by atoms with Gasteiger partial charge < -0.3 is 30.3 Å². The normalized spacial score (nSPS) is 12.2. The minimum atomic E-state index is -1.20. The SMILES string of the molecule is CCCc1c(C(=O)OCC(O)CO)cc(O)c(O)c1O. The number of carbonyl (C=O) groups excluding carboxylic acids is 1. The minimum Gasteiger partial charge on any atom is -0.504 e. The molecule has 5 N–H and O–H groups in total. The average molecular weight is 286 g/mol. The summed E-state index contributed by atoms with van der Waals surface area (Å²) < 4.78 is 4.76. The minimum absolute atomic E-state index is 0.0928. The Morgan fingerprint density at radius 2 is 1.95 bits per heavy atom. The van der Waals surface area contributed by atoms with Crippen LogP contribution in [0.25, 0.3) is 0 Å². The molecule has 7 heteroatoms. The Hall–Kier alpha value is -1.99. The lowest BCUT2D eigenvalue weighted by Gasteiger charge is -2.14. The van der Waals surface area contributed by atoms with Crippen molar-refractivity contribution < 1.29 is 35.1 Å². The van der Waals surface area contributed by atoms with E-state index in [-0.39, 0.29) is 11.1 Å². The molecule has 0 aliphatic carbocycles. The van der Waals surface area contributed by atoms with Crippen molar-refractivity contribution in [3.8, 4) is 17.2 Å². The van der Waals surface area contributed by atoms with Gasteiger partial charge in [0.05, 0.1) is 12.2 Å². The molecule has 0 aliphatic heterocycles. The number of rotatable bonds is 6. The molecule has 1 aromatic carbocycles. The van der Waals surface area contributed by atoms with Crippen molar-refractivity contribution in [2.24, 2.45) is 0 Å². The molecule has 1 rings (SSSR count). The lowest BCUT2D eigenvalue weighted by molar-refractivity contribution is 0.00919. The maximum Gasteiger partial charge on any atom is 0.338 e. The van der Waals surface area contributed by atoms with Crippen LogP contribution in [0.2, 0.25) is 0 Å². The van der Waals surface area contributed by atoms with Crippen LogP contribution in [0.1, 0.15) is 29.3 Å². The molecule has 112 valence electrons. The Kier molecular flexibility index (Phi) is 5.60. The third-order valence-corrected chi connectivity index (χ3v) is 2.70. The van der Waals surface area contributed by atoms with Crippen LogP contribution in [0.3, 0.4) is 0 Å².